The number of nitrogens with zero attached hydrogens (tertiary/aromatic N) is 2. The average Bonchev–Trinajstić information content (AvgIpc) is 3.39. The minimum absolute atomic E-state index is 0.164. The van der Waals surface area contributed by atoms with Gasteiger partial charge in [0.25, 0.3) is 0 Å². The van der Waals surface area contributed by atoms with Crippen LogP contribution in [0.4, 0.5) is 10.5 Å². The van der Waals surface area contributed by atoms with Crippen molar-refractivity contribution in [2.45, 2.75) is 19.9 Å². The molecule has 0 aliphatic carbocycles. The first-order valence-electron chi connectivity index (χ1n) is 10.1. The number of carbonyl (C=O) groups is 1. The molecule has 2 aromatic carbocycles. The zero-order valence-electron chi connectivity index (χ0n) is 17.1. The second kappa shape index (κ2) is 9.57. The first kappa shape index (κ1) is 20.8. The molecule has 0 radical (unpaired) electrons. The SMILES string of the molecule is CCNC(=O)NCCCn1c(-c2ccc3c(c2)OCO3)cs/c1=N\c1ccc(O)cc1. The van der Waals surface area contributed by atoms with Crippen LogP contribution in [0.1, 0.15) is 13.3 Å². The van der Waals surface area contributed by atoms with Crippen LogP contribution in [0, 0.1) is 0 Å². The highest BCUT2D eigenvalue weighted by atomic mass is 32.1. The van der Waals surface area contributed by atoms with Crippen molar-refractivity contribution in [3.05, 3.63) is 52.6 Å². The van der Waals surface area contributed by atoms with Gasteiger partial charge in [0.15, 0.2) is 16.3 Å². The molecule has 0 saturated carbocycles. The average molecular weight is 441 g/mol. The summed E-state index contributed by atoms with van der Waals surface area (Å²) in [6.07, 6.45) is 0.744. The van der Waals surface area contributed by atoms with E-state index in [1.165, 1.54) is 11.3 Å². The van der Waals surface area contributed by atoms with E-state index in [-0.39, 0.29) is 18.6 Å². The molecule has 162 valence electrons. The molecule has 8 nitrogen and oxygen atoms in total. The van der Waals surface area contributed by atoms with Gasteiger partial charge in [-0.3, -0.25) is 0 Å². The summed E-state index contributed by atoms with van der Waals surface area (Å²) in [6.45, 7) is 3.93. The maximum absolute atomic E-state index is 11.6. The van der Waals surface area contributed by atoms with Crippen LogP contribution in [0.5, 0.6) is 17.2 Å². The lowest BCUT2D eigenvalue weighted by molar-refractivity contribution is 0.174. The normalized spacial score (nSPS) is 12.7. The molecule has 0 unspecified atom stereocenters. The number of amides is 2. The number of nitrogens with one attached hydrogen (secondary N) is 2. The Bertz CT molecular complexity index is 1120. The second-order valence-corrected chi connectivity index (χ2v) is 7.73. The fourth-order valence-electron chi connectivity index (χ4n) is 3.22. The summed E-state index contributed by atoms with van der Waals surface area (Å²) >= 11 is 1.54. The zero-order chi connectivity index (χ0) is 21.6. The Balaban J connectivity index is 1.62. The second-order valence-electron chi connectivity index (χ2n) is 6.89. The van der Waals surface area contributed by atoms with Crippen molar-refractivity contribution in [2.75, 3.05) is 19.9 Å². The largest absolute Gasteiger partial charge is 0.508 e. The lowest BCUT2D eigenvalue weighted by atomic mass is 10.1. The van der Waals surface area contributed by atoms with Gasteiger partial charge in [-0.05, 0) is 55.8 Å². The number of fused-ring (bicyclic) bond motifs is 1. The van der Waals surface area contributed by atoms with Gasteiger partial charge in [0.2, 0.25) is 6.79 Å². The Labute approximate surface area is 183 Å². The van der Waals surface area contributed by atoms with E-state index in [9.17, 15) is 9.90 Å². The van der Waals surface area contributed by atoms with Crippen LogP contribution in [-0.2, 0) is 6.54 Å². The van der Waals surface area contributed by atoms with Gasteiger partial charge >= 0.3 is 6.03 Å². The Kier molecular flexibility index (Phi) is 6.42. The minimum atomic E-state index is -0.164. The smallest absolute Gasteiger partial charge is 0.314 e. The Morgan fingerprint density at radius 3 is 2.77 bits per heavy atom. The molecule has 0 saturated heterocycles. The molecule has 1 aliphatic heterocycles. The Morgan fingerprint density at radius 2 is 1.97 bits per heavy atom. The Hall–Kier alpha value is -3.46. The van der Waals surface area contributed by atoms with Crippen LogP contribution >= 0.6 is 11.3 Å². The number of benzene rings is 2. The van der Waals surface area contributed by atoms with E-state index >= 15 is 0 Å². The molecule has 0 bridgehead atoms. The first-order valence-corrected chi connectivity index (χ1v) is 11.0. The molecule has 0 fully saturated rings. The molecule has 9 heteroatoms. The summed E-state index contributed by atoms with van der Waals surface area (Å²) in [5, 5.41) is 17.2. The molecule has 1 aromatic heterocycles. The van der Waals surface area contributed by atoms with Crippen molar-refractivity contribution in [1.29, 1.82) is 0 Å². The van der Waals surface area contributed by atoms with Gasteiger partial charge in [-0.1, -0.05) is 0 Å². The van der Waals surface area contributed by atoms with Crippen molar-refractivity contribution >= 4 is 23.1 Å². The predicted octanol–water partition coefficient (Wildman–Crippen LogP) is 3.59. The van der Waals surface area contributed by atoms with Gasteiger partial charge in [-0.25, -0.2) is 9.79 Å². The topological polar surface area (TPSA) is 97.1 Å². The molecule has 31 heavy (non-hydrogen) atoms. The van der Waals surface area contributed by atoms with Crippen molar-refractivity contribution < 1.29 is 19.4 Å². The molecule has 4 rings (SSSR count). The number of hydrogen-bond acceptors (Lipinski definition) is 6. The van der Waals surface area contributed by atoms with Gasteiger partial charge in [0.1, 0.15) is 5.75 Å². The molecule has 0 spiro atoms. The maximum atomic E-state index is 11.6. The fraction of sp³-hybridized carbons (Fsp3) is 0.273. The third-order valence-corrected chi connectivity index (χ3v) is 5.59. The summed E-state index contributed by atoms with van der Waals surface area (Å²) < 4.78 is 13.1. The van der Waals surface area contributed by atoms with E-state index in [4.69, 9.17) is 14.5 Å². The van der Waals surface area contributed by atoms with Crippen molar-refractivity contribution in [3.8, 4) is 28.5 Å². The lowest BCUT2D eigenvalue weighted by Gasteiger charge is -2.11. The van der Waals surface area contributed by atoms with Crippen LogP contribution in [0.3, 0.4) is 0 Å². The van der Waals surface area contributed by atoms with Gasteiger partial charge in [0, 0.05) is 30.6 Å². The zero-order valence-corrected chi connectivity index (χ0v) is 17.9. The standard InChI is InChI=1S/C22H24N4O4S/c1-2-23-21(28)24-10-3-11-26-18(15-4-9-19-20(12-15)30-14-29-19)13-31-22(26)25-16-5-7-17(27)8-6-16/h4-9,12-13,27H,2-3,10-11,14H2,1H3,(H2,23,24,28)/b25-22-. The van der Waals surface area contributed by atoms with Crippen molar-refractivity contribution in [1.82, 2.24) is 15.2 Å². The predicted molar refractivity (Wildman–Crippen MR) is 119 cm³/mol. The van der Waals surface area contributed by atoms with Crippen molar-refractivity contribution in [3.63, 3.8) is 0 Å². The van der Waals surface area contributed by atoms with Gasteiger partial charge in [0.05, 0.1) is 11.4 Å². The monoisotopic (exact) mass is 440 g/mol. The number of thiazole rings is 1. The van der Waals surface area contributed by atoms with Gasteiger partial charge in [-0.15, -0.1) is 11.3 Å². The number of ether oxygens (including phenoxy) is 2. The van der Waals surface area contributed by atoms with Gasteiger partial charge in [-0.2, -0.15) is 0 Å². The van der Waals surface area contributed by atoms with Crippen LogP contribution in [0.15, 0.2) is 52.8 Å². The number of hydrogen-bond donors (Lipinski definition) is 3. The summed E-state index contributed by atoms with van der Waals surface area (Å²) in [5.74, 6) is 1.67. The molecular formula is C22H24N4O4S. The molecular weight excluding hydrogens is 416 g/mol. The number of carbonyl (C=O) groups excluding carboxylic acids is 1. The molecule has 1 aliphatic rings. The van der Waals surface area contributed by atoms with E-state index in [0.29, 0.717) is 19.6 Å². The number of urea groups is 1. The third-order valence-electron chi connectivity index (χ3n) is 4.72. The summed E-state index contributed by atoms with van der Waals surface area (Å²) in [5.41, 5.74) is 2.77. The van der Waals surface area contributed by atoms with E-state index in [2.05, 4.69) is 20.6 Å². The quantitative estimate of drug-likeness (QED) is 0.489. The number of aromatic hydroxyl groups is 1. The number of phenols is 1. The first-order chi connectivity index (χ1) is 15.1. The summed E-state index contributed by atoms with van der Waals surface area (Å²) in [4.78, 5) is 17.2. The Morgan fingerprint density at radius 1 is 1.16 bits per heavy atom. The highest BCUT2D eigenvalue weighted by Gasteiger charge is 2.16. The molecule has 3 N–H and O–H groups in total. The van der Waals surface area contributed by atoms with E-state index < -0.39 is 0 Å². The number of rotatable bonds is 7. The summed E-state index contributed by atoms with van der Waals surface area (Å²) in [6, 6.07) is 12.5. The van der Waals surface area contributed by atoms with Crippen molar-refractivity contribution in [2.24, 2.45) is 4.99 Å². The molecule has 2 heterocycles. The van der Waals surface area contributed by atoms with E-state index in [1.807, 2.05) is 25.1 Å². The summed E-state index contributed by atoms with van der Waals surface area (Å²) in [7, 11) is 0. The minimum Gasteiger partial charge on any atom is -0.508 e. The van der Waals surface area contributed by atoms with Crippen LogP contribution in [-0.4, -0.2) is 35.6 Å². The fourth-order valence-corrected chi connectivity index (χ4v) is 4.18. The van der Waals surface area contributed by atoms with Crippen LogP contribution in [0.25, 0.3) is 11.3 Å². The maximum Gasteiger partial charge on any atom is 0.314 e. The lowest BCUT2D eigenvalue weighted by Crippen LogP contribution is -2.36. The molecule has 3 aromatic rings. The van der Waals surface area contributed by atoms with Crippen LogP contribution in [0.2, 0.25) is 0 Å². The van der Waals surface area contributed by atoms with Gasteiger partial charge < -0.3 is 29.8 Å². The van der Waals surface area contributed by atoms with E-state index in [1.54, 1.807) is 24.3 Å². The third kappa shape index (κ3) is 5.00. The highest BCUT2D eigenvalue weighted by Crippen LogP contribution is 2.36. The molecule has 2 amide bonds. The van der Waals surface area contributed by atoms with Crippen LogP contribution < -0.4 is 24.9 Å². The van der Waals surface area contributed by atoms with E-state index in [0.717, 1.165) is 39.7 Å². The number of aromatic nitrogens is 1. The highest BCUT2D eigenvalue weighted by molar-refractivity contribution is 7.07. The molecule has 0 atom stereocenters. The number of phenolic OH excluding ortho intramolecular Hbond substituents is 1.